The van der Waals surface area contributed by atoms with E-state index in [1.807, 2.05) is 23.3 Å². The van der Waals surface area contributed by atoms with Crippen LogP contribution in [0.1, 0.15) is 36.0 Å². The van der Waals surface area contributed by atoms with Gasteiger partial charge in [-0.15, -0.1) is 11.3 Å². The second kappa shape index (κ2) is 10.1. The maximum absolute atomic E-state index is 13.4. The Hall–Kier alpha value is -1.79. The minimum Gasteiger partial charge on any atom is -0.342 e. The van der Waals surface area contributed by atoms with Crippen LogP contribution >= 0.6 is 11.3 Å². The lowest BCUT2D eigenvalue weighted by atomic mass is 9.96. The van der Waals surface area contributed by atoms with Crippen LogP contribution in [-0.2, 0) is 17.6 Å². The third-order valence-electron chi connectivity index (χ3n) is 5.42. The summed E-state index contributed by atoms with van der Waals surface area (Å²) in [5, 5.41) is 2.99. The van der Waals surface area contributed by atoms with Crippen molar-refractivity contribution in [3.05, 3.63) is 51.7 Å². The third-order valence-corrected chi connectivity index (χ3v) is 6.24. The number of hydrogen-bond donors (Lipinski definition) is 0. The average molecular weight is 404 g/mol. The first-order valence-corrected chi connectivity index (χ1v) is 11.1. The zero-order valence-corrected chi connectivity index (χ0v) is 17.7. The molecule has 1 saturated heterocycles. The zero-order chi connectivity index (χ0) is 19.9. The fourth-order valence-electron chi connectivity index (χ4n) is 3.96. The molecule has 0 aliphatic carbocycles. The van der Waals surface area contributed by atoms with Crippen LogP contribution in [0.2, 0.25) is 0 Å². The second-order valence-corrected chi connectivity index (χ2v) is 8.72. The maximum atomic E-state index is 13.4. The van der Waals surface area contributed by atoms with Crippen LogP contribution in [0.15, 0.2) is 29.6 Å². The van der Waals surface area contributed by atoms with Gasteiger partial charge in [0.1, 0.15) is 5.82 Å². The van der Waals surface area contributed by atoms with E-state index in [1.54, 1.807) is 23.5 Å². The molecule has 1 aliphatic heterocycles. The summed E-state index contributed by atoms with van der Waals surface area (Å²) in [5.41, 5.74) is 1.93. The average Bonchev–Trinajstić information content (AvgIpc) is 3.09. The van der Waals surface area contributed by atoms with Crippen LogP contribution in [0.5, 0.6) is 0 Å². The molecule has 1 amide bonds. The number of benzene rings is 1. The van der Waals surface area contributed by atoms with E-state index < -0.39 is 0 Å². The Morgan fingerprint density at radius 2 is 2.29 bits per heavy atom. The molecule has 0 spiro atoms. The first kappa shape index (κ1) is 20.9. The topological polar surface area (TPSA) is 36.4 Å². The van der Waals surface area contributed by atoms with Crippen molar-refractivity contribution in [2.45, 2.75) is 39.5 Å². The Labute approximate surface area is 171 Å². The predicted octanol–water partition coefficient (Wildman–Crippen LogP) is 3.94. The molecule has 2 heterocycles. The van der Waals surface area contributed by atoms with Crippen LogP contribution in [0.25, 0.3) is 0 Å². The van der Waals surface area contributed by atoms with E-state index in [0.29, 0.717) is 12.3 Å². The molecule has 1 unspecified atom stereocenters. The number of carbonyl (C=O) groups excluding carboxylic acids is 1. The van der Waals surface area contributed by atoms with Gasteiger partial charge in [-0.05, 0) is 63.3 Å². The zero-order valence-electron chi connectivity index (χ0n) is 16.9. The molecule has 0 N–H and O–H groups in total. The highest BCUT2D eigenvalue weighted by Gasteiger charge is 2.24. The number of halogens is 1. The van der Waals surface area contributed by atoms with Crippen LogP contribution in [0, 0.1) is 18.7 Å². The van der Waals surface area contributed by atoms with Gasteiger partial charge in [0.15, 0.2) is 0 Å². The highest BCUT2D eigenvalue weighted by atomic mass is 32.1. The molecular formula is C22H30FN3OS. The number of carbonyl (C=O) groups is 1. The Morgan fingerprint density at radius 3 is 3.00 bits per heavy atom. The summed E-state index contributed by atoms with van der Waals surface area (Å²) in [7, 11) is 0. The van der Waals surface area contributed by atoms with E-state index in [2.05, 4.69) is 16.8 Å². The molecule has 1 fully saturated rings. The number of likely N-dealkylation sites (tertiary alicyclic amines) is 1. The summed E-state index contributed by atoms with van der Waals surface area (Å²) in [4.78, 5) is 21.6. The number of aromatic nitrogens is 1. The molecule has 0 bridgehead atoms. The van der Waals surface area contributed by atoms with Gasteiger partial charge in [0.05, 0.1) is 17.1 Å². The normalized spacial score (nSPS) is 17.6. The number of thiazole rings is 1. The van der Waals surface area contributed by atoms with Gasteiger partial charge in [0.2, 0.25) is 5.91 Å². The van der Waals surface area contributed by atoms with Crippen molar-refractivity contribution < 1.29 is 9.18 Å². The van der Waals surface area contributed by atoms with Crippen molar-refractivity contribution in [1.29, 1.82) is 0 Å². The van der Waals surface area contributed by atoms with Crippen LogP contribution in [-0.4, -0.2) is 53.4 Å². The maximum Gasteiger partial charge on any atom is 0.228 e. The van der Waals surface area contributed by atoms with Gasteiger partial charge in [-0.25, -0.2) is 9.37 Å². The molecule has 152 valence electrons. The molecule has 1 atom stereocenters. The lowest BCUT2D eigenvalue weighted by molar-refractivity contribution is -0.131. The first-order chi connectivity index (χ1) is 13.5. The molecular weight excluding hydrogens is 373 g/mol. The highest BCUT2D eigenvalue weighted by Crippen LogP contribution is 2.19. The quantitative estimate of drug-likeness (QED) is 0.670. The molecule has 1 aromatic heterocycles. The van der Waals surface area contributed by atoms with Gasteiger partial charge in [0, 0.05) is 31.6 Å². The molecule has 2 aromatic rings. The van der Waals surface area contributed by atoms with Gasteiger partial charge < -0.3 is 9.80 Å². The van der Waals surface area contributed by atoms with Crippen LogP contribution < -0.4 is 0 Å². The second-order valence-electron chi connectivity index (χ2n) is 7.66. The summed E-state index contributed by atoms with van der Waals surface area (Å²) in [6.07, 6.45) is 3.58. The third kappa shape index (κ3) is 6.11. The number of likely N-dealkylation sites (N-methyl/N-ethyl adjacent to an activating group) is 1. The van der Waals surface area contributed by atoms with Crippen molar-refractivity contribution in [2.75, 3.05) is 32.7 Å². The highest BCUT2D eigenvalue weighted by molar-refractivity contribution is 7.09. The number of piperidine rings is 1. The van der Waals surface area contributed by atoms with E-state index in [0.717, 1.165) is 68.3 Å². The number of aryl methyl sites for hydroxylation is 1. The smallest absolute Gasteiger partial charge is 0.228 e. The number of rotatable bonds is 8. The lowest BCUT2D eigenvalue weighted by Crippen LogP contribution is -2.43. The number of nitrogens with zero attached hydrogens (tertiary/aromatic N) is 3. The van der Waals surface area contributed by atoms with Gasteiger partial charge >= 0.3 is 0 Å². The monoisotopic (exact) mass is 403 g/mol. The molecule has 28 heavy (non-hydrogen) atoms. The lowest BCUT2D eigenvalue weighted by Gasteiger charge is -2.35. The molecule has 6 heteroatoms. The van der Waals surface area contributed by atoms with Crippen molar-refractivity contribution in [3.63, 3.8) is 0 Å². The van der Waals surface area contributed by atoms with Crippen molar-refractivity contribution >= 4 is 17.2 Å². The minimum absolute atomic E-state index is 0.165. The van der Waals surface area contributed by atoms with Crippen LogP contribution in [0.4, 0.5) is 4.39 Å². The summed E-state index contributed by atoms with van der Waals surface area (Å²) in [6.45, 7) is 8.61. The Kier molecular flexibility index (Phi) is 7.57. The summed E-state index contributed by atoms with van der Waals surface area (Å²) in [5.74, 6) is 0.508. The molecule has 0 saturated carbocycles. The van der Waals surface area contributed by atoms with Gasteiger partial charge in [-0.2, -0.15) is 0 Å². The summed E-state index contributed by atoms with van der Waals surface area (Å²) >= 11 is 1.59. The van der Waals surface area contributed by atoms with Crippen molar-refractivity contribution in [2.24, 2.45) is 5.92 Å². The predicted molar refractivity (Wildman–Crippen MR) is 112 cm³/mol. The Bertz CT molecular complexity index is 779. The van der Waals surface area contributed by atoms with E-state index in [-0.39, 0.29) is 11.7 Å². The number of hydrogen-bond acceptors (Lipinski definition) is 4. The van der Waals surface area contributed by atoms with E-state index >= 15 is 0 Å². The Balaban J connectivity index is 1.49. The molecule has 0 radical (unpaired) electrons. The molecule has 1 aliphatic rings. The minimum atomic E-state index is -0.165. The molecule has 4 nitrogen and oxygen atoms in total. The summed E-state index contributed by atoms with van der Waals surface area (Å²) in [6, 6.07) is 6.88. The van der Waals surface area contributed by atoms with Crippen molar-refractivity contribution in [3.8, 4) is 0 Å². The SMILES string of the molecule is CCN(CC1CCCN(CCc2cccc(F)c2)C1)C(=O)Cc1csc(C)n1. The fraction of sp³-hybridized carbons (Fsp3) is 0.545. The number of amides is 1. The molecule has 1 aromatic carbocycles. The standard InChI is InChI=1S/C22H30FN3OS/c1-3-26(22(27)13-21-16-28-17(2)24-21)15-19-7-5-10-25(14-19)11-9-18-6-4-8-20(23)12-18/h4,6,8,12,16,19H,3,5,7,9-11,13-15H2,1-2H3. The largest absolute Gasteiger partial charge is 0.342 e. The van der Waals surface area contributed by atoms with Gasteiger partial charge in [-0.1, -0.05) is 12.1 Å². The summed E-state index contributed by atoms with van der Waals surface area (Å²) < 4.78 is 13.4. The van der Waals surface area contributed by atoms with Crippen LogP contribution in [0.3, 0.4) is 0 Å². The fourth-order valence-corrected chi connectivity index (χ4v) is 4.57. The first-order valence-electron chi connectivity index (χ1n) is 10.2. The molecule has 3 rings (SSSR count). The van der Waals surface area contributed by atoms with E-state index in [1.165, 1.54) is 6.07 Å². The van der Waals surface area contributed by atoms with E-state index in [9.17, 15) is 9.18 Å². The van der Waals surface area contributed by atoms with Crippen molar-refractivity contribution in [1.82, 2.24) is 14.8 Å². The Morgan fingerprint density at radius 1 is 1.43 bits per heavy atom. The van der Waals surface area contributed by atoms with Gasteiger partial charge in [0.25, 0.3) is 0 Å². The van der Waals surface area contributed by atoms with Gasteiger partial charge in [-0.3, -0.25) is 4.79 Å². The van der Waals surface area contributed by atoms with E-state index in [4.69, 9.17) is 0 Å².